The molecule has 0 fully saturated rings. The first-order valence-electron chi connectivity index (χ1n) is 14.7. The van der Waals surface area contributed by atoms with Gasteiger partial charge in [-0.15, -0.1) is 0 Å². The lowest BCUT2D eigenvalue weighted by Gasteiger charge is -2.18. The van der Waals surface area contributed by atoms with Crippen LogP contribution in [0.5, 0.6) is 46.0 Å². The minimum absolute atomic E-state index is 0.0731. The average molecular weight is 728 g/mol. The molecule has 0 radical (unpaired) electrons. The predicted octanol–water partition coefficient (Wildman–Crippen LogP) is 3.75. The molecule has 0 aliphatic carbocycles. The maximum atomic E-state index is 11.7. The molecular formula is C34H33NO17. The molecule has 2 N–H and O–H groups in total. The predicted molar refractivity (Wildman–Crippen MR) is 174 cm³/mol. The lowest BCUT2D eigenvalue weighted by atomic mass is 10.2. The zero-order valence-corrected chi connectivity index (χ0v) is 28.8. The van der Waals surface area contributed by atoms with E-state index in [4.69, 9.17) is 37.9 Å². The van der Waals surface area contributed by atoms with Crippen LogP contribution in [-0.4, -0.2) is 59.1 Å². The van der Waals surface area contributed by atoms with Crippen LogP contribution in [0.4, 0.5) is 5.69 Å². The highest BCUT2D eigenvalue weighted by Gasteiger charge is 2.24. The first-order chi connectivity index (χ1) is 24.3. The summed E-state index contributed by atoms with van der Waals surface area (Å²) in [6.07, 6.45) is -1.91. The number of amides is 1. The van der Waals surface area contributed by atoms with Crippen LogP contribution in [-0.2, 0) is 38.4 Å². The van der Waals surface area contributed by atoms with Crippen molar-refractivity contribution in [3.63, 3.8) is 0 Å². The summed E-state index contributed by atoms with van der Waals surface area (Å²) in [6.45, 7) is 8.34. The monoisotopic (exact) mass is 727 g/mol. The quantitative estimate of drug-likeness (QED) is 0.153. The molecule has 0 bridgehead atoms. The number of carbonyl (C=O) groups is 8. The van der Waals surface area contributed by atoms with Crippen molar-refractivity contribution in [3.8, 4) is 46.0 Å². The van der Waals surface area contributed by atoms with E-state index >= 15 is 0 Å². The van der Waals surface area contributed by atoms with Crippen molar-refractivity contribution in [2.75, 3.05) is 5.32 Å². The summed E-state index contributed by atoms with van der Waals surface area (Å²) in [5.41, 5.74) is 0.439. The van der Waals surface area contributed by atoms with Gasteiger partial charge < -0.3 is 48.3 Å². The van der Waals surface area contributed by atoms with Crippen LogP contribution in [0.1, 0.15) is 48.5 Å². The molecule has 52 heavy (non-hydrogen) atoms. The number of rotatable bonds is 12. The smallest absolute Gasteiger partial charge is 0.387 e. The number of hydrogen-bond donors (Lipinski definition) is 2. The van der Waals surface area contributed by atoms with Gasteiger partial charge >= 0.3 is 48.1 Å². The van der Waals surface area contributed by atoms with E-state index in [9.17, 15) is 43.5 Å². The van der Waals surface area contributed by atoms with E-state index in [0.717, 1.165) is 39.8 Å². The van der Waals surface area contributed by atoms with Gasteiger partial charge in [-0.3, -0.25) is 33.6 Å². The topological polar surface area (TPSA) is 243 Å². The van der Waals surface area contributed by atoms with Crippen molar-refractivity contribution in [2.24, 2.45) is 0 Å². The second-order valence-electron chi connectivity index (χ2n) is 10.0. The summed E-state index contributed by atoms with van der Waals surface area (Å²) in [6, 6.07) is 11.6. The summed E-state index contributed by atoms with van der Waals surface area (Å²) in [5, 5.41) is 12.0. The van der Waals surface area contributed by atoms with E-state index in [1.807, 2.05) is 0 Å². The Kier molecular flexibility index (Phi) is 15.3. The van der Waals surface area contributed by atoms with Crippen molar-refractivity contribution >= 4 is 53.4 Å². The maximum absolute atomic E-state index is 11.7. The Balaban J connectivity index is 0.000000437. The molecule has 276 valence electrons. The van der Waals surface area contributed by atoms with Gasteiger partial charge in [0.15, 0.2) is 34.5 Å². The number of carbonyl (C=O) groups excluding carboxylic acids is 7. The number of benzene rings is 3. The van der Waals surface area contributed by atoms with Crippen LogP contribution in [0.3, 0.4) is 0 Å². The van der Waals surface area contributed by atoms with E-state index in [1.54, 1.807) is 0 Å². The molecule has 0 heterocycles. The van der Waals surface area contributed by atoms with E-state index in [-0.39, 0.29) is 51.9 Å². The highest BCUT2D eigenvalue weighted by atomic mass is 16.7. The fraction of sp³-hybridized carbons (Fsp3) is 0.235. The molecule has 0 atom stereocenters. The van der Waals surface area contributed by atoms with Gasteiger partial charge in [0, 0.05) is 72.4 Å². The Hall–Kier alpha value is -6.98. The van der Waals surface area contributed by atoms with Crippen LogP contribution < -0.4 is 43.2 Å². The molecule has 1 amide bonds. The van der Waals surface area contributed by atoms with Gasteiger partial charge in [-0.25, -0.2) is 4.79 Å². The number of esters is 6. The van der Waals surface area contributed by atoms with Gasteiger partial charge in [0.05, 0.1) is 0 Å². The number of anilines is 1. The fourth-order valence-corrected chi connectivity index (χ4v) is 3.71. The maximum Gasteiger partial charge on any atom is 0.387 e. The summed E-state index contributed by atoms with van der Waals surface area (Å²) in [4.78, 5) is 89.6. The number of aliphatic carboxylic acids is 1. The molecule has 18 heteroatoms. The van der Waals surface area contributed by atoms with Gasteiger partial charge in [0.2, 0.25) is 5.91 Å². The summed E-state index contributed by atoms with van der Waals surface area (Å²) >= 11 is 0. The second-order valence-corrected chi connectivity index (χ2v) is 10.0. The number of hydrogen-bond acceptors (Lipinski definition) is 16. The molecule has 18 nitrogen and oxygen atoms in total. The number of nitrogens with one attached hydrogen (secondary N) is 1. The molecule has 0 aliphatic rings. The largest absolute Gasteiger partial charge is 0.476 e. The van der Waals surface area contributed by atoms with Crippen molar-refractivity contribution in [3.05, 3.63) is 54.6 Å². The van der Waals surface area contributed by atoms with E-state index < -0.39 is 48.1 Å². The minimum Gasteiger partial charge on any atom is -0.476 e. The van der Waals surface area contributed by atoms with Crippen LogP contribution in [0.25, 0.3) is 0 Å². The molecule has 0 aromatic heterocycles. The Bertz CT molecular complexity index is 1780. The molecule has 3 aromatic carbocycles. The third-order valence-electron chi connectivity index (χ3n) is 5.30. The molecule has 0 saturated heterocycles. The standard InChI is InChI=1S/C22H20O12.C12H13NO5/c1-11(23)29-17-7-5-15(9-19(17)31-13(3)25)33-22(21(27)28)34-16-6-8-18(30-12(2)24)20(10-16)32-14(4)26;1-7(14)13-10-4-5-11(17-8(2)15)12(6-10)18-9(3)16/h5-10,22H,1-4H3,(H,27,28);4-6H,1-3H3,(H,13,14). The number of carboxylic acid groups (broad SMARTS) is 1. The Morgan fingerprint density at radius 3 is 1.08 bits per heavy atom. The van der Waals surface area contributed by atoms with E-state index in [0.29, 0.717) is 5.69 Å². The highest BCUT2D eigenvalue weighted by molar-refractivity contribution is 5.89. The molecule has 3 rings (SSSR count). The molecule has 0 unspecified atom stereocenters. The van der Waals surface area contributed by atoms with Crippen molar-refractivity contribution in [1.82, 2.24) is 0 Å². The lowest BCUT2D eigenvalue weighted by molar-refractivity contribution is -0.158. The van der Waals surface area contributed by atoms with E-state index in [2.05, 4.69) is 5.32 Å². The summed E-state index contributed by atoms with van der Waals surface area (Å²) in [5.74, 6) is -6.22. The number of carboxylic acids is 1. The summed E-state index contributed by atoms with van der Waals surface area (Å²) in [7, 11) is 0. The van der Waals surface area contributed by atoms with Gasteiger partial charge in [-0.05, 0) is 36.4 Å². The summed E-state index contributed by atoms with van der Waals surface area (Å²) < 4.78 is 40.3. The molecule has 0 saturated carbocycles. The first kappa shape index (κ1) is 41.2. The van der Waals surface area contributed by atoms with Crippen LogP contribution >= 0.6 is 0 Å². The van der Waals surface area contributed by atoms with Gasteiger partial charge in [0.25, 0.3) is 0 Å². The third-order valence-corrected chi connectivity index (χ3v) is 5.30. The minimum atomic E-state index is -1.91. The second kappa shape index (κ2) is 19.3. The van der Waals surface area contributed by atoms with Gasteiger partial charge in [0.1, 0.15) is 11.5 Å². The SMILES string of the molecule is CC(=O)Nc1ccc(OC(C)=O)c(OC(C)=O)c1.CC(=O)Oc1ccc(OC(Oc2ccc(OC(C)=O)c(OC(C)=O)c2)C(=O)O)cc1OC(C)=O. The fourth-order valence-electron chi connectivity index (χ4n) is 3.71. The Morgan fingerprint density at radius 2 is 0.769 bits per heavy atom. The highest BCUT2D eigenvalue weighted by Crippen LogP contribution is 2.35. The molecule has 0 spiro atoms. The number of ether oxygens (including phenoxy) is 8. The lowest BCUT2D eigenvalue weighted by Crippen LogP contribution is -2.33. The molecule has 3 aromatic rings. The average Bonchev–Trinajstić information content (AvgIpc) is 2.99. The van der Waals surface area contributed by atoms with Crippen molar-refractivity contribution in [1.29, 1.82) is 0 Å². The van der Waals surface area contributed by atoms with Crippen LogP contribution in [0, 0.1) is 0 Å². The third kappa shape index (κ3) is 14.6. The van der Waals surface area contributed by atoms with Gasteiger partial charge in [-0.1, -0.05) is 0 Å². The Morgan fingerprint density at radius 1 is 0.462 bits per heavy atom. The first-order valence-corrected chi connectivity index (χ1v) is 14.7. The molecular weight excluding hydrogens is 694 g/mol. The molecule has 0 aliphatic heterocycles. The van der Waals surface area contributed by atoms with Crippen molar-refractivity contribution < 1.29 is 81.4 Å². The zero-order chi connectivity index (χ0) is 39.1. The normalized spacial score (nSPS) is 9.92. The Labute approximate surface area is 295 Å². The van der Waals surface area contributed by atoms with Gasteiger partial charge in [-0.2, -0.15) is 0 Å². The zero-order valence-electron chi connectivity index (χ0n) is 28.8. The van der Waals surface area contributed by atoms with Crippen molar-refractivity contribution in [2.45, 2.75) is 54.8 Å². The van der Waals surface area contributed by atoms with E-state index in [1.165, 1.54) is 63.2 Å². The van der Waals surface area contributed by atoms with Crippen LogP contribution in [0.15, 0.2) is 54.6 Å². The van der Waals surface area contributed by atoms with Crippen LogP contribution in [0.2, 0.25) is 0 Å².